The summed E-state index contributed by atoms with van der Waals surface area (Å²) in [5.74, 6) is 0. The highest BCUT2D eigenvalue weighted by molar-refractivity contribution is 7.99. The first-order valence-corrected chi connectivity index (χ1v) is 6.39. The molecule has 0 saturated heterocycles. The van der Waals surface area contributed by atoms with Crippen LogP contribution in [0, 0.1) is 6.92 Å². The molecule has 0 unspecified atom stereocenters. The number of aryl methyl sites for hydroxylation is 1. The zero-order valence-corrected chi connectivity index (χ0v) is 10.9. The van der Waals surface area contributed by atoms with Crippen molar-refractivity contribution in [1.82, 2.24) is 0 Å². The van der Waals surface area contributed by atoms with Gasteiger partial charge in [0.2, 0.25) is 0 Å². The largest absolute Gasteiger partial charge is 0.298 e. The molecule has 0 fully saturated rings. The van der Waals surface area contributed by atoms with Gasteiger partial charge in [-0.3, -0.25) is 4.79 Å². The number of halogens is 1. The zero-order valence-electron chi connectivity index (χ0n) is 9.31. The molecule has 0 amide bonds. The molecule has 0 aromatic heterocycles. The third-order valence-electron chi connectivity index (χ3n) is 2.44. The number of hydrogen-bond acceptors (Lipinski definition) is 2. The predicted octanol–water partition coefficient (Wildman–Crippen LogP) is 4.61. The van der Waals surface area contributed by atoms with Gasteiger partial charge in [0.25, 0.3) is 0 Å². The Labute approximate surface area is 110 Å². The minimum atomic E-state index is 0.499. The first-order chi connectivity index (χ1) is 8.22. The van der Waals surface area contributed by atoms with Gasteiger partial charge in [0, 0.05) is 15.4 Å². The number of carbonyl (C=O) groups excluding carboxylic acids is 1. The minimum Gasteiger partial charge on any atom is -0.298 e. The van der Waals surface area contributed by atoms with Crippen molar-refractivity contribution in [2.75, 3.05) is 0 Å². The summed E-state index contributed by atoms with van der Waals surface area (Å²) < 4.78 is 0. The smallest absolute Gasteiger partial charge is 0.152 e. The van der Waals surface area contributed by atoms with Crippen LogP contribution in [0.2, 0.25) is 5.02 Å². The third-order valence-corrected chi connectivity index (χ3v) is 4.03. The predicted molar refractivity (Wildman–Crippen MR) is 72.1 cm³/mol. The second kappa shape index (κ2) is 5.39. The normalized spacial score (nSPS) is 10.2. The number of hydrogen-bond donors (Lipinski definition) is 0. The van der Waals surface area contributed by atoms with Crippen LogP contribution in [0.3, 0.4) is 0 Å². The zero-order chi connectivity index (χ0) is 12.3. The first kappa shape index (κ1) is 12.2. The molecule has 2 aromatic rings. The lowest BCUT2D eigenvalue weighted by molar-refractivity contribution is 0.112. The summed E-state index contributed by atoms with van der Waals surface area (Å²) in [4.78, 5) is 13.1. The molecule has 17 heavy (non-hydrogen) atoms. The molecule has 2 rings (SSSR count). The maximum atomic E-state index is 11.0. The molecule has 86 valence electrons. The van der Waals surface area contributed by atoms with Gasteiger partial charge in [-0.25, -0.2) is 0 Å². The van der Waals surface area contributed by atoms with E-state index < -0.39 is 0 Å². The van der Waals surface area contributed by atoms with Crippen LogP contribution >= 0.6 is 23.4 Å². The highest BCUT2D eigenvalue weighted by atomic mass is 35.5. The summed E-state index contributed by atoms with van der Waals surface area (Å²) in [7, 11) is 0. The van der Waals surface area contributed by atoms with Crippen LogP contribution in [0.1, 0.15) is 15.9 Å². The lowest BCUT2D eigenvalue weighted by Crippen LogP contribution is -1.87. The maximum absolute atomic E-state index is 11.0. The summed E-state index contributed by atoms with van der Waals surface area (Å²) >= 11 is 7.55. The van der Waals surface area contributed by atoms with Gasteiger partial charge in [0.15, 0.2) is 6.29 Å². The van der Waals surface area contributed by atoms with Crippen LogP contribution in [0.15, 0.2) is 52.3 Å². The van der Waals surface area contributed by atoms with Crippen LogP contribution in [0.5, 0.6) is 0 Å². The minimum absolute atomic E-state index is 0.499. The van der Waals surface area contributed by atoms with Crippen LogP contribution < -0.4 is 0 Å². The lowest BCUT2D eigenvalue weighted by atomic mass is 10.2. The van der Waals surface area contributed by atoms with Crippen LogP contribution in [0.4, 0.5) is 0 Å². The SMILES string of the molecule is Cc1ccccc1Sc1cccc(Cl)c1C=O. The molecule has 0 atom stereocenters. The highest BCUT2D eigenvalue weighted by Crippen LogP contribution is 2.34. The Morgan fingerprint density at radius 3 is 2.47 bits per heavy atom. The molecule has 0 saturated carbocycles. The van der Waals surface area contributed by atoms with Gasteiger partial charge >= 0.3 is 0 Å². The molecule has 0 heterocycles. The molecule has 3 heteroatoms. The van der Waals surface area contributed by atoms with Crippen molar-refractivity contribution in [2.24, 2.45) is 0 Å². The van der Waals surface area contributed by atoms with Gasteiger partial charge in [0.1, 0.15) is 0 Å². The van der Waals surface area contributed by atoms with Crippen molar-refractivity contribution in [2.45, 2.75) is 16.7 Å². The first-order valence-electron chi connectivity index (χ1n) is 5.19. The van der Waals surface area contributed by atoms with Crippen molar-refractivity contribution in [3.05, 3.63) is 58.6 Å². The van der Waals surface area contributed by atoms with E-state index in [2.05, 4.69) is 0 Å². The van der Waals surface area contributed by atoms with E-state index in [4.69, 9.17) is 11.6 Å². The Morgan fingerprint density at radius 2 is 1.76 bits per heavy atom. The average molecular weight is 263 g/mol. The topological polar surface area (TPSA) is 17.1 Å². The standard InChI is InChI=1S/C14H11ClOS/c1-10-5-2-3-7-13(10)17-14-8-4-6-12(15)11(14)9-16/h2-9H,1H3. The Morgan fingerprint density at radius 1 is 1.06 bits per heavy atom. The fraction of sp³-hybridized carbons (Fsp3) is 0.0714. The molecule has 0 aliphatic carbocycles. The summed E-state index contributed by atoms with van der Waals surface area (Å²) in [6.45, 7) is 2.05. The number of aldehydes is 1. The number of benzene rings is 2. The van der Waals surface area contributed by atoms with E-state index in [-0.39, 0.29) is 0 Å². The molecule has 0 bridgehead atoms. The molecule has 0 radical (unpaired) electrons. The third kappa shape index (κ3) is 2.71. The summed E-state index contributed by atoms with van der Waals surface area (Å²) in [6, 6.07) is 13.6. The van der Waals surface area contributed by atoms with Crippen molar-refractivity contribution in [3.63, 3.8) is 0 Å². The molecular formula is C14H11ClOS. The van der Waals surface area contributed by atoms with Gasteiger partial charge in [0.05, 0.1) is 5.02 Å². The van der Waals surface area contributed by atoms with Gasteiger partial charge in [-0.05, 0) is 30.7 Å². The van der Waals surface area contributed by atoms with Crippen molar-refractivity contribution in [1.29, 1.82) is 0 Å². The van der Waals surface area contributed by atoms with Crippen molar-refractivity contribution in [3.8, 4) is 0 Å². The second-order valence-electron chi connectivity index (χ2n) is 3.64. The van der Waals surface area contributed by atoms with E-state index in [1.165, 1.54) is 5.56 Å². The fourth-order valence-corrected chi connectivity index (χ4v) is 2.81. The molecule has 2 aromatic carbocycles. The highest BCUT2D eigenvalue weighted by Gasteiger charge is 2.08. The molecule has 0 spiro atoms. The molecular weight excluding hydrogens is 252 g/mol. The Hall–Kier alpha value is -1.25. The maximum Gasteiger partial charge on any atom is 0.152 e. The molecule has 0 aliphatic heterocycles. The van der Waals surface area contributed by atoms with Crippen molar-refractivity contribution >= 4 is 29.6 Å². The van der Waals surface area contributed by atoms with E-state index >= 15 is 0 Å². The van der Waals surface area contributed by atoms with E-state index in [9.17, 15) is 4.79 Å². The number of carbonyl (C=O) groups is 1. The summed E-state index contributed by atoms with van der Waals surface area (Å²) in [5, 5.41) is 0.499. The molecule has 0 N–H and O–H groups in total. The van der Waals surface area contributed by atoms with Crippen molar-refractivity contribution < 1.29 is 4.79 Å². The van der Waals surface area contributed by atoms with E-state index in [1.807, 2.05) is 43.3 Å². The fourth-order valence-electron chi connectivity index (χ4n) is 1.51. The van der Waals surface area contributed by atoms with Gasteiger partial charge in [-0.15, -0.1) is 0 Å². The van der Waals surface area contributed by atoms with Gasteiger partial charge < -0.3 is 0 Å². The summed E-state index contributed by atoms with van der Waals surface area (Å²) in [5.41, 5.74) is 1.75. The Balaban J connectivity index is 2.40. The van der Waals surface area contributed by atoms with Gasteiger partial charge in [-0.2, -0.15) is 0 Å². The van der Waals surface area contributed by atoms with E-state index in [0.29, 0.717) is 10.6 Å². The molecule has 0 aliphatic rings. The molecule has 1 nitrogen and oxygen atoms in total. The van der Waals surface area contributed by atoms with Gasteiger partial charge in [-0.1, -0.05) is 47.6 Å². The van der Waals surface area contributed by atoms with Crippen LogP contribution in [0.25, 0.3) is 0 Å². The van der Waals surface area contributed by atoms with E-state index in [0.717, 1.165) is 16.1 Å². The number of rotatable bonds is 3. The average Bonchev–Trinajstić information content (AvgIpc) is 2.32. The lowest BCUT2D eigenvalue weighted by Gasteiger charge is -2.08. The second-order valence-corrected chi connectivity index (χ2v) is 5.13. The Bertz CT molecular complexity index is 552. The summed E-state index contributed by atoms with van der Waals surface area (Å²) in [6.07, 6.45) is 0.808. The monoisotopic (exact) mass is 262 g/mol. The van der Waals surface area contributed by atoms with Crippen LogP contribution in [-0.2, 0) is 0 Å². The van der Waals surface area contributed by atoms with E-state index in [1.54, 1.807) is 17.8 Å². The quantitative estimate of drug-likeness (QED) is 0.752. The Kier molecular flexibility index (Phi) is 3.87. The van der Waals surface area contributed by atoms with Crippen LogP contribution in [-0.4, -0.2) is 6.29 Å².